The van der Waals surface area contributed by atoms with Crippen LogP contribution in [-0.2, 0) is 0 Å². The summed E-state index contributed by atoms with van der Waals surface area (Å²) in [5.41, 5.74) is 1.31. The highest BCUT2D eigenvalue weighted by Crippen LogP contribution is 2.20. The summed E-state index contributed by atoms with van der Waals surface area (Å²) in [4.78, 5) is 16.6. The molecule has 0 aliphatic rings. The number of pyridine rings is 1. The maximum absolute atomic E-state index is 13.7. The molecule has 3 aromatic rings. The van der Waals surface area contributed by atoms with Gasteiger partial charge in [-0.05, 0) is 36.8 Å². The van der Waals surface area contributed by atoms with Gasteiger partial charge in [-0.3, -0.25) is 4.79 Å². The van der Waals surface area contributed by atoms with E-state index in [4.69, 9.17) is 0 Å². The topological polar surface area (TPSA) is 30.0 Å². The van der Waals surface area contributed by atoms with E-state index in [1.54, 1.807) is 12.1 Å². The lowest BCUT2D eigenvalue weighted by atomic mass is 10.0. The molecule has 0 N–H and O–H groups in total. The number of fused-ring (bicyclic) bond motifs is 1. The van der Waals surface area contributed by atoms with Crippen LogP contribution in [0.15, 0.2) is 48.5 Å². The fourth-order valence-corrected chi connectivity index (χ4v) is 2.28. The van der Waals surface area contributed by atoms with E-state index in [1.165, 1.54) is 12.1 Å². The first-order valence-electron chi connectivity index (χ1n) is 6.43. The van der Waals surface area contributed by atoms with Gasteiger partial charge in [-0.1, -0.05) is 24.3 Å². The Kier molecular flexibility index (Phi) is 3.22. The second-order valence-electron chi connectivity index (χ2n) is 4.77. The van der Waals surface area contributed by atoms with E-state index < -0.39 is 17.4 Å². The van der Waals surface area contributed by atoms with Crippen LogP contribution in [0, 0.1) is 18.6 Å². The Balaban J connectivity index is 2.16. The minimum absolute atomic E-state index is 0.107. The molecule has 4 heteroatoms. The lowest BCUT2D eigenvalue weighted by Gasteiger charge is -2.07. The van der Waals surface area contributed by atoms with Crippen LogP contribution in [0.1, 0.15) is 21.6 Å². The molecule has 0 saturated carbocycles. The molecule has 0 aliphatic carbocycles. The third-order valence-electron chi connectivity index (χ3n) is 3.35. The number of nitrogens with zero attached hydrogens (tertiary/aromatic N) is 1. The van der Waals surface area contributed by atoms with E-state index in [2.05, 4.69) is 4.98 Å². The van der Waals surface area contributed by atoms with E-state index in [0.717, 1.165) is 17.0 Å². The molecule has 0 fully saturated rings. The fourth-order valence-electron chi connectivity index (χ4n) is 2.28. The van der Waals surface area contributed by atoms with E-state index >= 15 is 0 Å². The van der Waals surface area contributed by atoms with Crippen molar-refractivity contribution < 1.29 is 13.6 Å². The average Bonchev–Trinajstić information content (AvgIpc) is 2.49. The zero-order valence-corrected chi connectivity index (χ0v) is 11.2. The summed E-state index contributed by atoms with van der Waals surface area (Å²) >= 11 is 0. The van der Waals surface area contributed by atoms with Gasteiger partial charge in [0.25, 0.3) is 0 Å². The Morgan fingerprint density at radius 2 is 1.81 bits per heavy atom. The molecule has 0 atom stereocenters. The molecule has 0 spiro atoms. The number of aryl methyl sites for hydroxylation is 1. The minimum Gasteiger partial charge on any atom is -0.287 e. The number of hydrogen-bond donors (Lipinski definition) is 0. The number of ketones is 1. The molecule has 0 aliphatic heterocycles. The number of para-hydroxylation sites is 1. The predicted octanol–water partition coefficient (Wildman–Crippen LogP) is 4.05. The summed E-state index contributed by atoms with van der Waals surface area (Å²) in [6.07, 6.45) is 0. The van der Waals surface area contributed by atoms with Gasteiger partial charge < -0.3 is 0 Å². The lowest BCUT2D eigenvalue weighted by molar-refractivity contribution is 0.103. The highest BCUT2D eigenvalue weighted by Gasteiger charge is 2.18. The smallest absolute Gasteiger partial charge is 0.214 e. The molecule has 3 rings (SSSR count). The molecule has 0 amide bonds. The molecule has 0 radical (unpaired) electrons. The molecule has 0 unspecified atom stereocenters. The average molecular weight is 283 g/mol. The van der Waals surface area contributed by atoms with Crippen molar-refractivity contribution >= 4 is 16.7 Å². The Morgan fingerprint density at radius 1 is 1.05 bits per heavy atom. The van der Waals surface area contributed by atoms with E-state index in [-0.39, 0.29) is 11.3 Å². The van der Waals surface area contributed by atoms with Crippen molar-refractivity contribution in [1.82, 2.24) is 4.98 Å². The summed E-state index contributed by atoms with van der Waals surface area (Å²) in [7, 11) is 0. The molecular formula is C17H11F2NO. The van der Waals surface area contributed by atoms with Gasteiger partial charge in [-0.15, -0.1) is 0 Å². The first kappa shape index (κ1) is 13.4. The number of rotatable bonds is 2. The Bertz CT molecular complexity index is 859. The molecule has 1 heterocycles. The third-order valence-corrected chi connectivity index (χ3v) is 3.35. The molecule has 1 aromatic heterocycles. The maximum atomic E-state index is 13.7. The zero-order valence-electron chi connectivity index (χ0n) is 11.2. The van der Waals surface area contributed by atoms with Gasteiger partial charge in [-0.2, -0.15) is 0 Å². The molecule has 0 bridgehead atoms. The SMILES string of the molecule is Cc1cc(C(=O)c2cccc(F)c2F)nc2ccccc12. The normalized spacial score (nSPS) is 10.8. The van der Waals surface area contributed by atoms with Gasteiger partial charge in [0.2, 0.25) is 5.78 Å². The largest absolute Gasteiger partial charge is 0.287 e. The standard InChI is InChI=1S/C17H11F2NO/c1-10-9-15(20-14-8-3-2-5-11(10)14)17(21)12-6-4-7-13(18)16(12)19/h2-9H,1H3. The number of hydrogen-bond acceptors (Lipinski definition) is 2. The van der Waals surface area contributed by atoms with Crippen LogP contribution in [0.25, 0.3) is 10.9 Å². The number of aromatic nitrogens is 1. The van der Waals surface area contributed by atoms with Gasteiger partial charge in [-0.25, -0.2) is 13.8 Å². The van der Waals surface area contributed by atoms with Crippen LogP contribution >= 0.6 is 0 Å². The second kappa shape index (κ2) is 5.05. The van der Waals surface area contributed by atoms with Gasteiger partial charge in [0.05, 0.1) is 11.1 Å². The van der Waals surface area contributed by atoms with Crippen molar-refractivity contribution in [2.75, 3.05) is 0 Å². The quantitative estimate of drug-likeness (QED) is 0.664. The summed E-state index contributed by atoms with van der Waals surface area (Å²) in [6, 6.07) is 12.5. The molecule has 104 valence electrons. The molecule has 2 nitrogen and oxygen atoms in total. The number of carbonyl (C=O) groups excluding carboxylic acids is 1. The van der Waals surface area contributed by atoms with Crippen LogP contribution in [0.2, 0.25) is 0 Å². The van der Waals surface area contributed by atoms with Crippen molar-refractivity contribution in [2.24, 2.45) is 0 Å². The first-order valence-corrected chi connectivity index (χ1v) is 6.43. The Labute approximate surface area is 120 Å². The van der Waals surface area contributed by atoms with Crippen LogP contribution in [0.5, 0.6) is 0 Å². The summed E-state index contributed by atoms with van der Waals surface area (Å²) < 4.78 is 27.0. The van der Waals surface area contributed by atoms with Crippen molar-refractivity contribution in [3.05, 3.63) is 77.0 Å². The van der Waals surface area contributed by atoms with Gasteiger partial charge in [0.1, 0.15) is 5.69 Å². The molecular weight excluding hydrogens is 272 g/mol. The lowest BCUT2D eigenvalue weighted by Crippen LogP contribution is -2.08. The van der Waals surface area contributed by atoms with Crippen molar-refractivity contribution in [2.45, 2.75) is 6.92 Å². The van der Waals surface area contributed by atoms with Gasteiger partial charge >= 0.3 is 0 Å². The van der Waals surface area contributed by atoms with Crippen LogP contribution in [0.4, 0.5) is 8.78 Å². The molecule has 0 saturated heterocycles. The Morgan fingerprint density at radius 3 is 2.62 bits per heavy atom. The fraction of sp³-hybridized carbons (Fsp3) is 0.0588. The predicted molar refractivity (Wildman–Crippen MR) is 76.3 cm³/mol. The summed E-state index contributed by atoms with van der Waals surface area (Å²) in [6.45, 7) is 1.85. The number of benzene rings is 2. The Hall–Kier alpha value is -2.62. The summed E-state index contributed by atoms with van der Waals surface area (Å²) in [5.74, 6) is -2.81. The minimum atomic E-state index is -1.14. The van der Waals surface area contributed by atoms with Crippen molar-refractivity contribution in [3.8, 4) is 0 Å². The van der Waals surface area contributed by atoms with Crippen LogP contribution < -0.4 is 0 Å². The summed E-state index contributed by atoms with van der Waals surface area (Å²) in [5, 5.41) is 0.925. The van der Waals surface area contributed by atoms with Gasteiger partial charge in [0, 0.05) is 5.39 Å². The van der Waals surface area contributed by atoms with Crippen molar-refractivity contribution in [1.29, 1.82) is 0 Å². The zero-order chi connectivity index (χ0) is 15.0. The van der Waals surface area contributed by atoms with Crippen LogP contribution in [0.3, 0.4) is 0 Å². The number of carbonyl (C=O) groups is 1. The first-order chi connectivity index (χ1) is 10.1. The second-order valence-corrected chi connectivity index (χ2v) is 4.77. The van der Waals surface area contributed by atoms with Gasteiger partial charge in [0.15, 0.2) is 11.6 Å². The van der Waals surface area contributed by atoms with E-state index in [0.29, 0.717) is 5.52 Å². The highest BCUT2D eigenvalue weighted by molar-refractivity contribution is 6.09. The van der Waals surface area contributed by atoms with Crippen molar-refractivity contribution in [3.63, 3.8) is 0 Å². The number of halogens is 2. The third kappa shape index (κ3) is 2.29. The maximum Gasteiger partial charge on any atom is 0.214 e. The van der Waals surface area contributed by atoms with E-state index in [1.807, 2.05) is 25.1 Å². The van der Waals surface area contributed by atoms with E-state index in [9.17, 15) is 13.6 Å². The molecule has 2 aromatic carbocycles. The monoisotopic (exact) mass is 283 g/mol. The molecule has 21 heavy (non-hydrogen) atoms. The van der Waals surface area contributed by atoms with Crippen LogP contribution in [-0.4, -0.2) is 10.8 Å². The highest BCUT2D eigenvalue weighted by atomic mass is 19.2.